The first-order valence-corrected chi connectivity index (χ1v) is 10.0. The standard InChI is InChI=1S/C4H6N2.3C3H5N3.2C2H4N4.5CH4/c1-6-4-2-3-5-6;1-6-3-4-2-5-6;1-6-3-2-4-5-6;1-6-4-2-3-5-6;1-6-2-3-4-5-6;1-6-4-2-3-5-6;;;;;/h2-4H,1H3;3*2-3H,1H3;2*2H,1H3;5*1H4. The molecule has 0 spiro atoms. The van der Waals surface area contributed by atoms with E-state index in [0.29, 0.717) is 0 Å². The normalized spacial score (nSPS) is 7.76. The van der Waals surface area contributed by atoms with E-state index in [0.717, 1.165) is 0 Å². The van der Waals surface area contributed by atoms with Gasteiger partial charge in [0, 0.05) is 53.8 Å². The Kier molecular flexibility index (Phi) is 32.7. The third kappa shape index (κ3) is 27.6. The van der Waals surface area contributed by atoms with Crippen LogP contribution >= 0.6 is 0 Å². The first-order valence-electron chi connectivity index (χ1n) is 10.0. The smallest absolute Gasteiger partial charge is 0.162 e. The van der Waals surface area contributed by atoms with Crippen molar-refractivity contribution in [1.82, 2.24) is 94.9 Å². The van der Waals surface area contributed by atoms with Crippen LogP contribution in [0.5, 0.6) is 0 Å². The van der Waals surface area contributed by atoms with Gasteiger partial charge in [0.15, 0.2) is 6.33 Å². The Morgan fingerprint density at radius 2 is 1.12 bits per heavy atom. The summed E-state index contributed by atoms with van der Waals surface area (Å²) in [6.07, 6.45) is 16.4. The molecule has 0 aliphatic heterocycles. The van der Waals surface area contributed by atoms with E-state index in [1.807, 2.05) is 33.4 Å². The second-order valence-electron chi connectivity index (χ2n) is 6.25. The second-order valence-corrected chi connectivity index (χ2v) is 6.25. The van der Waals surface area contributed by atoms with Crippen molar-refractivity contribution >= 4 is 0 Å². The molecule has 0 radical (unpaired) electrons. The van der Waals surface area contributed by atoms with Gasteiger partial charge in [-0.3, -0.25) is 14.0 Å². The molecule has 0 aliphatic rings. The third-order valence-electron chi connectivity index (χ3n) is 3.15. The summed E-state index contributed by atoms with van der Waals surface area (Å²) in [5.74, 6) is 0. The third-order valence-corrected chi connectivity index (χ3v) is 3.15. The topological polar surface area (TPSA) is 197 Å². The van der Waals surface area contributed by atoms with Gasteiger partial charge < -0.3 is 0 Å². The minimum atomic E-state index is 0. The van der Waals surface area contributed by atoms with Crippen LogP contribution in [0.4, 0.5) is 0 Å². The van der Waals surface area contributed by atoms with E-state index in [1.165, 1.54) is 33.3 Å². The monoisotopic (exact) mass is 579 g/mol. The van der Waals surface area contributed by atoms with Crippen LogP contribution in [-0.2, 0) is 42.3 Å². The average molecular weight is 580 g/mol. The molecule has 19 heteroatoms. The summed E-state index contributed by atoms with van der Waals surface area (Å²) in [5.41, 5.74) is 0. The van der Waals surface area contributed by atoms with Crippen molar-refractivity contribution in [2.24, 2.45) is 42.3 Å². The number of hydrogen-bond donors (Lipinski definition) is 0. The molecule has 0 aromatic carbocycles. The Labute approximate surface area is 243 Å². The lowest BCUT2D eigenvalue weighted by Crippen LogP contribution is -1.90. The maximum absolute atomic E-state index is 3.83. The van der Waals surface area contributed by atoms with Gasteiger partial charge in [0.05, 0.1) is 25.6 Å². The lowest BCUT2D eigenvalue weighted by atomic mass is 10.8. The highest BCUT2D eigenvalue weighted by atomic mass is 15.6. The fourth-order valence-electron chi connectivity index (χ4n) is 1.59. The van der Waals surface area contributed by atoms with Crippen molar-refractivity contribution in [3.05, 3.63) is 68.6 Å². The van der Waals surface area contributed by atoms with Gasteiger partial charge in [-0.1, -0.05) is 42.3 Å². The van der Waals surface area contributed by atoms with Crippen LogP contribution in [0.25, 0.3) is 0 Å². The summed E-state index contributed by atoms with van der Waals surface area (Å²) < 4.78 is 6.56. The first kappa shape index (κ1) is 45.7. The highest BCUT2D eigenvalue weighted by Crippen LogP contribution is 1.73. The van der Waals surface area contributed by atoms with Crippen molar-refractivity contribution in [1.29, 1.82) is 0 Å². The number of aromatic nitrogens is 19. The fraction of sp³-hybridized carbons (Fsp3) is 0.500. The fourth-order valence-corrected chi connectivity index (χ4v) is 1.59. The first-order chi connectivity index (χ1) is 17.4. The molecule has 6 aromatic rings. The van der Waals surface area contributed by atoms with Gasteiger partial charge in [-0.25, -0.2) is 9.67 Å². The molecule has 6 heterocycles. The van der Waals surface area contributed by atoms with E-state index in [-0.39, 0.29) is 37.1 Å². The average Bonchev–Trinajstić information content (AvgIpc) is 3.67. The molecule has 6 aromatic heterocycles. The molecule has 6 rings (SSSR count). The molecule has 0 saturated heterocycles. The molecule has 0 N–H and O–H groups in total. The number of hydrogen-bond acceptors (Lipinski definition) is 13. The number of aryl methyl sites for hydroxylation is 6. The molecule has 232 valence electrons. The summed E-state index contributed by atoms with van der Waals surface area (Å²) >= 11 is 0. The number of tetrazole rings is 2. The number of rotatable bonds is 0. The molecule has 0 fully saturated rings. The highest BCUT2D eigenvalue weighted by Gasteiger charge is 1.74. The maximum Gasteiger partial charge on any atom is 0.162 e. The minimum absolute atomic E-state index is 0. The molecule has 0 amide bonds. The molecule has 0 unspecified atom stereocenters. The minimum Gasteiger partial charge on any atom is -0.276 e. The van der Waals surface area contributed by atoms with Crippen molar-refractivity contribution in [3.63, 3.8) is 0 Å². The molecule has 0 atom stereocenters. The van der Waals surface area contributed by atoms with Crippen molar-refractivity contribution in [2.75, 3.05) is 0 Å². The molecule has 0 bridgehead atoms. The van der Waals surface area contributed by atoms with Gasteiger partial charge in [-0.05, 0) is 21.7 Å². The molecule has 41 heavy (non-hydrogen) atoms. The Balaban J connectivity index is -0.000000123. The van der Waals surface area contributed by atoms with Gasteiger partial charge in [0.1, 0.15) is 19.0 Å². The van der Waals surface area contributed by atoms with Crippen LogP contribution in [-0.4, -0.2) is 94.9 Å². The van der Waals surface area contributed by atoms with E-state index in [4.69, 9.17) is 0 Å². The summed E-state index contributed by atoms with van der Waals surface area (Å²) in [5, 5.41) is 42.8. The Hall–Kier alpha value is -5.23. The Morgan fingerprint density at radius 3 is 1.27 bits per heavy atom. The van der Waals surface area contributed by atoms with Crippen LogP contribution in [0, 0.1) is 0 Å². The zero-order valence-electron chi connectivity index (χ0n) is 20.8. The Bertz CT molecular complexity index is 913. The van der Waals surface area contributed by atoms with E-state index in [2.05, 4.69) is 66.6 Å². The Morgan fingerprint density at radius 1 is 0.439 bits per heavy atom. The quantitative estimate of drug-likeness (QED) is 0.251. The summed E-state index contributed by atoms with van der Waals surface area (Å²) in [7, 11) is 10.8. The van der Waals surface area contributed by atoms with E-state index in [9.17, 15) is 0 Å². The van der Waals surface area contributed by atoms with Crippen LogP contribution in [0.2, 0.25) is 0 Å². The molecule has 0 aliphatic carbocycles. The SMILES string of the molecule is C.C.C.C.C.Cn1cccn1.Cn1ccnn1.Cn1cncn1.Cn1cnnn1.Cn1nccn1.Cn1ncnn1. The maximum atomic E-state index is 3.83. The lowest BCUT2D eigenvalue weighted by molar-refractivity contribution is 0.630. The van der Waals surface area contributed by atoms with Gasteiger partial charge in [-0.2, -0.15) is 30.0 Å². The number of nitrogens with zero attached hydrogens (tertiary/aromatic N) is 19. The molecule has 19 nitrogen and oxygen atoms in total. The van der Waals surface area contributed by atoms with Crippen LogP contribution < -0.4 is 0 Å². The van der Waals surface area contributed by atoms with Gasteiger partial charge in [-0.15, -0.1) is 20.4 Å². The predicted octanol–water partition coefficient (Wildman–Crippen LogP) is 1.47. The van der Waals surface area contributed by atoms with E-state index >= 15 is 0 Å². The lowest BCUT2D eigenvalue weighted by Gasteiger charge is -1.77. The predicted molar refractivity (Wildman–Crippen MR) is 157 cm³/mol. The van der Waals surface area contributed by atoms with E-state index in [1.54, 1.807) is 72.5 Å². The zero-order chi connectivity index (χ0) is 26.4. The summed E-state index contributed by atoms with van der Waals surface area (Å²) in [6, 6.07) is 1.89. The second kappa shape index (κ2) is 29.3. The van der Waals surface area contributed by atoms with Crippen molar-refractivity contribution in [3.8, 4) is 0 Å². The van der Waals surface area contributed by atoms with Gasteiger partial charge in [0.25, 0.3) is 0 Å². The summed E-state index contributed by atoms with van der Waals surface area (Å²) in [6.45, 7) is 0. The van der Waals surface area contributed by atoms with Crippen LogP contribution in [0.15, 0.2) is 68.6 Å². The highest BCUT2D eigenvalue weighted by molar-refractivity contribution is 4.75. The van der Waals surface area contributed by atoms with Crippen molar-refractivity contribution in [2.45, 2.75) is 37.1 Å². The van der Waals surface area contributed by atoms with Gasteiger partial charge in [0.2, 0.25) is 0 Å². The zero-order valence-corrected chi connectivity index (χ0v) is 20.8. The van der Waals surface area contributed by atoms with Crippen LogP contribution in [0.1, 0.15) is 37.1 Å². The summed E-state index contributed by atoms with van der Waals surface area (Å²) in [4.78, 5) is 6.56. The van der Waals surface area contributed by atoms with Crippen LogP contribution in [0.3, 0.4) is 0 Å². The molecular weight excluding hydrogens is 530 g/mol. The largest absolute Gasteiger partial charge is 0.276 e. The van der Waals surface area contributed by atoms with Crippen molar-refractivity contribution < 1.29 is 0 Å². The molecule has 0 saturated carbocycles. The molecular formula is C22H49N19. The van der Waals surface area contributed by atoms with Gasteiger partial charge >= 0.3 is 0 Å². The van der Waals surface area contributed by atoms with E-state index < -0.39 is 0 Å².